The molecule has 2 heterocycles. The van der Waals surface area contributed by atoms with Gasteiger partial charge in [0.05, 0.1) is 10.0 Å². The molecule has 0 radical (unpaired) electrons. The van der Waals surface area contributed by atoms with Crippen molar-refractivity contribution < 1.29 is 9.21 Å². The molecule has 3 aromatic rings. The lowest BCUT2D eigenvalue weighted by molar-refractivity contribution is 0.102. The number of hydrogen-bond acceptors (Lipinski definition) is 4. The predicted octanol–water partition coefficient (Wildman–Crippen LogP) is 6.14. The first-order valence-corrected chi connectivity index (χ1v) is 10.3. The molecule has 1 aromatic heterocycles. The number of benzene rings is 2. The fraction of sp³-hybridized carbons (Fsp3) is 0.273. The molecule has 1 aliphatic rings. The number of aromatic nitrogens is 1. The van der Waals surface area contributed by atoms with E-state index in [1.165, 1.54) is 24.8 Å². The third-order valence-electron chi connectivity index (χ3n) is 5.18. The fourth-order valence-electron chi connectivity index (χ4n) is 3.36. The first-order chi connectivity index (χ1) is 14.0. The minimum atomic E-state index is -0.334. The maximum Gasteiger partial charge on any atom is 0.277 e. The number of hydrogen-bond donors (Lipinski definition) is 1. The van der Waals surface area contributed by atoms with Gasteiger partial charge in [0.1, 0.15) is 6.26 Å². The van der Waals surface area contributed by atoms with E-state index in [0.717, 1.165) is 19.0 Å². The van der Waals surface area contributed by atoms with Crippen molar-refractivity contribution in [3.05, 3.63) is 64.5 Å². The van der Waals surface area contributed by atoms with Crippen molar-refractivity contribution in [3.63, 3.8) is 0 Å². The molecule has 0 atom stereocenters. The average Bonchev–Trinajstić information content (AvgIpc) is 3.22. The fourth-order valence-corrected chi connectivity index (χ4v) is 3.66. The number of nitrogens with one attached hydrogen (secondary N) is 1. The molecular weight excluding hydrogens is 409 g/mol. The minimum absolute atomic E-state index is 0.195. The Morgan fingerprint density at radius 3 is 2.52 bits per heavy atom. The largest absolute Gasteiger partial charge is 0.444 e. The second-order valence-corrected chi connectivity index (χ2v) is 8.15. The van der Waals surface area contributed by atoms with E-state index in [9.17, 15) is 4.79 Å². The van der Waals surface area contributed by atoms with Gasteiger partial charge in [0, 0.05) is 30.0 Å². The van der Waals surface area contributed by atoms with Gasteiger partial charge in [0.15, 0.2) is 5.69 Å². The van der Waals surface area contributed by atoms with Crippen LogP contribution in [0.1, 0.15) is 30.3 Å². The van der Waals surface area contributed by atoms with Crippen LogP contribution < -0.4 is 10.2 Å². The number of carbonyl (C=O) groups is 1. The summed E-state index contributed by atoms with van der Waals surface area (Å²) in [4.78, 5) is 19.1. The molecule has 7 heteroatoms. The maximum absolute atomic E-state index is 12.5. The van der Waals surface area contributed by atoms with Crippen LogP contribution in [0.3, 0.4) is 0 Å². The molecule has 0 saturated carbocycles. The van der Waals surface area contributed by atoms with E-state index in [-0.39, 0.29) is 11.6 Å². The van der Waals surface area contributed by atoms with Crippen molar-refractivity contribution in [2.24, 2.45) is 5.92 Å². The highest BCUT2D eigenvalue weighted by Crippen LogP contribution is 2.28. The molecule has 4 rings (SSSR count). The van der Waals surface area contributed by atoms with Gasteiger partial charge in [-0.3, -0.25) is 4.79 Å². The van der Waals surface area contributed by atoms with Gasteiger partial charge in [0.2, 0.25) is 5.89 Å². The van der Waals surface area contributed by atoms with Crippen LogP contribution in [-0.4, -0.2) is 24.0 Å². The molecule has 0 bridgehead atoms. The van der Waals surface area contributed by atoms with Crippen LogP contribution in [0.15, 0.2) is 53.1 Å². The third-order valence-corrected chi connectivity index (χ3v) is 5.92. The number of carbonyl (C=O) groups excluding carboxylic acids is 1. The average molecular weight is 430 g/mol. The number of amides is 1. The second-order valence-electron chi connectivity index (χ2n) is 7.34. The second kappa shape index (κ2) is 8.47. The zero-order chi connectivity index (χ0) is 20.4. The molecule has 0 unspecified atom stereocenters. The summed E-state index contributed by atoms with van der Waals surface area (Å²) >= 11 is 12.0. The lowest BCUT2D eigenvalue weighted by Gasteiger charge is -2.32. The standard InChI is InChI=1S/C22H21Cl2N3O2/c1-14-8-10-27(11-9-14)17-5-3-16(4-6-17)25-21(28)20-13-29-22(26-20)15-2-7-18(23)19(24)12-15/h2-7,12-14H,8-11H2,1H3,(H,25,28). The summed E-state index contributed by atoms with van der Waals surface area (Å²) in [7, 11) is 0. The van der Waals surface area contributed by atoms with Gasteiger partial charge in [-0.1, -0.05) is 30.1 Å². The van der Waals surface area contributed by atoms with E-state index in [4.69, 9.17) is 27.6 Å². The van der Waals surface area contributed by atoms with Crippen LogP contribution in [0.4, 0.5) is 11.4 Å². The maximum atomic E-state index is 12.5. The Kier molecular flexibility index (Phi) is 5.79. The zero-order valence-electron chi connectivity index (χ0n) is 16.0. The SMILES string of the molecule is CC1CCN(c2ccc(NC(=O)c3coc(-c4ccc(Cl)c(Cl)c4)n3)cc2)CC1. The van der Waals surface area contributed by atoms with Crippen molar-refractivity contribution in [2.45, 2.75) is 19.8 Å². The van der Waals surface area contributed by atoms with E-state index >= 15 is 0 Å². The molecule has 150 valence electrons. The van der Waals surface area contributed by atoms with Crippen molar-refractivity contribution in [3.8, 4) is 11.5 Å². The molecule has 1 amide bonds. The highest BCUT2D eigenvalue weighted by molar-refractivity contribution is 6.42. The Labute approximate surface area is 179 Å². The van der Waals surface area contributed by atoms with E-state index in [2.05, 4.69) is 22.1 Å². The summed E-state index contributed by atoms with van der Waals surface area (Å²) in [6.45, 7) is 4.44. The lowest BCUT2D eigenvalue weighted by Crippen LogP contribution is -2.32. The van der Waals surface area contributed by atoms with Gasteiger partial charge in [-0.2, -0.15) is 0 Å². The van der Waals surface area contributed by atoms with Crippen LogP contribution in [-0.2, 0) is 0 Å². The number of nitrogens with zero attached hydrogens (tertiary/aromatic N) is 2. The lowest BCUT2D eigenvalue weighted by atomic mass is 9.99. The predicted molar refractivity (Wildman–Crippen MR) is 117 cm³/mol. The molecule has 29 heavy (non-hydrogen) atoms. The third kappa shape index (κ3) is 4.57. The number of anilines is 2. The Morgan fingerprint density at radius 1 is 1.10 bits per heavy atom. The first-order valence-electron chi connectivity index (χ1n) is 9.57. The highest BCUT2D eigenvalue weighted by atomic mass is 35.5. The quantitative estimate of drug-likeness (QED) is 0.541. The summed E-state index contributed by atoms with van der Waals surface area (Å²) in [5, 5.41) is 3.70. The summed E-state index contributed by atoms with van der Waals surface area (Å²) < 4.78 is 5.43. The van der Waals surface area contributed by atoms with E-state index in [1.807, 2.05) is 24.3 Å². The molecule has 1 saturated heterocycles. The Balaban J connectivity index is 1.42. The first kappa shape index (κ1) is 19.8. The van der Waals surface area contributed by atoms with Crippen LogP contribution in [0.25, 0.3) is 11.5 Å². The molecule has 1 N–H and O–H groups in total. The molecule has 1 aliphatic heterocycles. The molecule has 0 aliphatic carbocycles. The molecule has 5 nitrogen and oxygen atoms in total. The molecule has 1 fully saturated rings. The van der Waals surface area contributed by atoms with Gasteiger partial charge in [-0.25, -0.2) is 4.98 Å². The monoisotopic (exact) mass is 429 g/mol. The van der Waals surface area contributed by atoms with Gasteiger partial charge in [-0.15, -0.1) is 0 Å². The topological polar surface area (TPSA) is 58.4 Å². The van der Waals surface area contributed by atoms with E-state index in [1.54, 1.807) is 18.2 Å². The van der Waals surface area contributed by atoms with Crippen LogP contribution in [0.2, 0.25) is 10.0 Å². The smallest absolute Gasteiger partial charge is 0.277 e. The molecular formula is C22H21Cl2N3O2. The van der Waals surface area contributed by atoms with Gasteiger partial charge < -0.3 is 14.6 Å². The van der Waals surface area contributed by atoms with Crippen LogP contribution in [0.5, 0.6) is 0 Å². The normalized spacial score (nSPS) is 14.8. The van der Waals surface area contributed by atoms with Crippen LogP contribution >= 0.6 is 23.2 Å². The summed E-state index contributed by atoms with van der Waals surface area (Å²) in [5.74, 6) is 0.768. The summed E-state index contributed by atoms with van der Waals surface area (Å²) in [6, 6.07) is 12.9. The van der Waals surface area contributed by atoms with Gasteiger partial charge in [-0.05, 0) is 61.2 Å². The number of oxazole rings is 1. The van der Waals surface area contributed by atoms with Gasteiger partial charge >= 0.3 is 0 Å². The summed E-state index contributed by atoms with van der Waals surface area (Å²) in [5.41, 5.74) is 2.74. The Bertz CT molecular complexity index is 1010. The number of piperidine rings is 1. The Hall–Kier alpha value is -2.50. The molecule has 0 spiro atoms. The zero-order valence-corrected chi connectivity index (χ0v) is 17.5. The van der Waals surface area contributed by atoms with Gasteiger partial charge in [0.25, 0.3) is 5.91 Å². The summed E-state index contributed by atoms with van der Waals surface area (Å²) in [6.07, 6.45) is 3.76. The van der Waals surface area contributed by atoms with E-state index in [0.29, 0.717) is 27.2 Å². The highest BCUT2D eigenvalue weighted by Gasteiger charge is 2.17. The van der Waals surface area contributed by atoms with Crippen molar-refractivity contribution in [1.82, 2.24) is 4.98 Å². The van der Waals surface area contributed by atoms with Crippen molar-refractivity contribution in [2.75, 3.05) is 23.3 Å². The number of rotatable bonds is 4. The van der Waals surface area contributed by atoms with Crippen molar-refractivity contribution >= 4 is 40.5 Å². The van der Waals surface area contributed by atoms with E-state index < -0.39 is 0 Å². The number of halogens is 2. The Morgan fingerprint density at radius 2 is 1.83 bits per heavy atom. The van der Waals surface area contributed by atoms with Crippen LogP contribution in [0, 0.1) is 5.92 Å². The minimum Gasteiger partial charge on any atom is -0.444 e. The molecule has 2 aromatic carbocycles. The van der Waals surface area contributed by atoms with Crippen molar-refractivity contribution in [1.29, 1.82) is 0 Å².